The van der Waals surface area contributed by atoms with E-state index in [0.29, 0.717) is 4.99 Å². The lowest BCUT2D eigenvalue weighted by atomic mass is 9.78. The van der Waals surface area contributed by atoms with Crippen molar-refractivity contribution in [2.24, 2.45) is 11.1 Å². The van der Waals surface area contributed by atoms with E-state index < -0.39 is 5.41 Å². The topological polar surface area (TPSA) is 49.6 Å². The number of nitrogens with two attached hydrogens (primary N) is 1. The number of likely N-dealkylation sites (N-methyl/N-ethyl adjacent to an activating group) is 1. The van der Waals surface area contributed by atoms with Gasteiger partial charge in [0.2, 0.25) is 5.91 Å². The third kappa shape index (κ3) is 3.57. The fraction of sp³-hybridized carbons (Fsp3) is 0.875. The first-order valence-corrected chi connectivity index (χ1v) is 8.68. The number of carbonyl (C=O) groups excluding carboxylic acids is 1. The molecule has 0 bridgehead atoms. The van der Waals surface area contributed by atoms with Gasteiger partial charge in [-0.25, -0.2) is 0 Å². The molecule has 2 aliphatic rings. The molecule has 1 unspecified atom stereocenters. The van der Waals surface area contributed by atoms with E-state index in [0.717, 1.165) is 51.7 Å². The minimum atomic E-state index is -0.580. The third-order valence-electron chi connectivity index (χ3n) is 5.15. The van der Waals surface area contributed by atoms with Crippen LogP contribution in [0.25, 0.3) is 0 Å². The molecule has 1 aliphatic carbocycles. The summed E-state index contributed by atoms with van der Waals surface area (Å²) in [7, 11) is 2.12. The quantitative estimate of drug-likeness (QED) is 0.627. The standard InChI is InChI=1S/C16H29N3OS/c1-13-12-18(2)10-7-11-19(13)15(20)16(14(17)21)8-5-3-4-6-9-16/h13H,3-12H2,1-2H3,(H2,17,21). The maximum atomic E-state index is 13.3. The zero-order valence-corrected chi connectivity index (χ0v) is 14.3. The van der Waals surface area contributed by atoms with Gasteiger partial charge in [-0.2, -0.15) is 0 Å². The van der Waals surface area contributed by atoms with Crippen LogP contribution in [0.2, 0.25) is 0 Å². The third-order valence-corrected chi connectivity index (χ3v) is 5.54. The van der Waals surface area contributed by atoms with Crippen LogP contribution in [0.15, 0.2) is 0 Å². The summed E-state index contributed by atoms with van der Waals surface area (Å²) in [6, 6.07) is 0.236. The van der Waals surface area contributed by atoms with E-state index in [-0.39, 0.29) is 11.9 Å². The predicted molar refractivity (Wildman–Crippen MR) is 90.2 cm³/mol. The summed E-state index contributed by atoms with van der Waals surface area (Å²) in [6.07, 6.45) is 7.20. The van der Waals surface area contributed by atoms with Crippen LogP contribution in [0.5, 0.6) is 0 Å². The number of carbonyl (C=O) groups is 1. The Bertz CT molecular complexity index is 391. The minimum Gasteiger partial charge on any atom is -0.392 e. The second-order valence-electron chi connectivity index (χ2n) is 6.82. The van der Waals surface area contributed by atoms with Crippen molar-refractivity contribution in [1.29, 1.82) is 0 Å². The Labute approximate surface area is 134 Å². The van der Waals surface area contributed by atoms with Crippen molar-refractivity contribution in [2.75, 3.05) is 26.7 Å². The van der Waals surface area contributed by atoms with Crippen molar-refractivity contribution < 1.29 is 4.79 Å². The molecule has 2 N–H and O–H groups in total. The van der Waals surface area contributed by atoms with E-state index in [1.54, 1.807) is 0 Å². The first-order valence-electron chi connectivity index (χ1n) is 8.27. The first-order chi connectivity index (χ1) is 9.97. The fourth-order valence-corrected chi connectivity index (χ4v) is 4.14. The van der Waals surface area contributed by atoms with E-state index >= 15 is 0 Å². The van der Waals surface area contributed by atoms with Gasteiger partial charge in [-0.1, -0.05) is 37.9 Å². The van der Waals surface area contributed by atoms with Gasteiger partial charge in [0.1, 0.15) is 0 Å². The molecule has 1 amide bonds. The molecule has 120 valence electrons. The molecule has 0 aromatic heterocycles. The lowest BCUT2D eigenvalue weighted by Crippen LogP contribution is -2.54. The molecular formula is C16H29N3OS. The molecule has 1 saturated heterocycles. The normalized spacial score (nSPS) is 27.7. The van der Waals surface area contributed by atoms with Crippen LogP contribution in [0.1, 0.15) is 51.9 Å². The van der Waals surface area contributed by atoms with E-state index in [4.69, 9.17) is 18.0 Å². The largest absolute Gasteiger partial charge is 0.392 e. The minimum absolute atomic E-state index is 0.194. The van der Waals surface area contributed by atoms with E-state index in [9.17, 15) is 4.79 Å². The average Bonchev–Trinajstić information content (AvgIpc) is 2.77. The molecule has 21 heavy (non-hydrogen) atoms. The van der Waals surface area contributed by atoms with Gasteiger partial charge in [0.25, 0.3) is 0 Å². The monoisotopic (exact) mass is 311 g/mol. The van der Waals surface area contributed by atoms with Crippen molar-refractivity contribution in [3.05, 3.63) is 0 Å². The fourth-order valence-electron chi connectivity index (χ4n) is 3.85. The number of hydrogen-bond acceptors (Lipinski definition) is 3. The molecule has 1 heterocycles. The molecule has 0 radical (unpaired) electrons. The lowest BCUT2D eigenvalue weighted by molar-refractivity contribution is -0.140. The molecule has 2 rings (SSSR count). The van der Waals surface area contributed by atoms with Crippen LogP contribution in [-0.4, -0.2) is 53.4 Å². The summed E-state index contributed by atoms with van der Waals surface area (Å²) in [5.41, 5.74) is 5.48. The van der Waals surface area contributed by atoms with E-state index in [1.807, 2.05) is 4.90 Å². The van der Waals surface area contributed by atoms with Crippen molar-refractivity contribution in [1.82, 2.24) is 9.80 Å². The summed E-state index contributed by atoms with van der Waals surface area (Å²) in [6.45, 7) is 4.95. The lowest BCUT2D eigenvalue weighted by Gasteiger charge is -2.38. The summed E-state index contributed by atoms with van der Waals surface area (Å²) >= 11 is 5.35. The molecule has 0 aromatic rings. The Morgan fingerprint density at radius 1 is 1.14 bits per heavy atom. The van der Waals surface area contributed by atoms with Crippen molar-refractivity contribution in [3.8, 4) is 0 Å². The highest BCUT2D eigenvalue weighted by Crippen LogP contribution is 2.38. The Balaban J connectivity index is 2.22. The highest BCUT2D eigenvalue weighted by molar-refractivity contribution is 7.80. The van der Waals surface area contributed by atoms with Gasteiger partial charge >= 0.3 is 0 Å². The predicted octanol–water partition coefficient (Wildman–Crippen LogP) is 2.17. The van der Waals surface area contributed by atoms with Gasteiger partial charge in [-0.15, -0.1) is 0 Å². The number of rotatable bonds is 2. The Morgan fingerprint density at radius 3 is 2.33 bits per heavy atom. The number of thiocarbonyl (C=S) groups is 1. The second kappa shape index (κ2) is 7.05. The van der Waals surface area contributed by atoms with E-state index in [1.165, 1.54) is 12.8 Å². The molecule has 0 aromatic carbocycles. The summed E-state index contributed by atoms with van der Waals surface area (Å²) in [4.78, 5) is 18.0. The zero-order valence-electron chi connectivity index (χ0n) is 13.4. The number of nitrogens with zero attached hydrogens (tertiary/aromatic N) is 2. The highest BCUT2D eigenvalue weighted by Gasteiger charge is 2.45. The van der Waals surface area contributed by atoms with Gasteiger partial charge in [-0.05, 0) is 39.8 Å². The molecule has 0 spiro atoms. The Morgan fingerprint density at radius 2 is 1.76 bits per heavy atom. The molecule has 5 heteroatoms. The highest BCUT2D eigenvalue weighted by atomic mass is 32.1. The van der Waals surface area contributed by atoms with Gasteiger partial charge < -0.3 is 15.5 Å². The van der Waals surface area contributed by atoms with Crippen LogP contribution in [0.4, 0.5) is 0 Å². The maximum absolute atomic E-state index is 13.3. The van der Waals surface area contributed by atoms with Crippen LogP contribution in [-0.2, 0) is 4.79 Å². The Kier molecular flexibility index (Phi) is 5.60. The second-order valence-corrected chi connectivity index (χ2v) is 7.26. The van der Waals surface area contributed by atoms with Gasteiger partial charge in [0.15, 0.2) is 0 Å². The summed E-state index contributed by atoms with van der Waals surface area (Å²) < 4.78 is 0. The van der Waals surface area contributed by atoms with Crippen molar-refractivity contribution in [2.45, 2.75) is 57.9 Å². The van der Waals surface area contributed by atoms with Crippen LogP contribution < -0.4 is 5.73 Å². The molecule has 1 saturated carbocycles. The van der Waals surface area contributed by atoms with Crippen molar-refractivity contribution in [3.63, 3.8) is 0 Å². The molecule has 4 nitrogen and oxygen atoms in total. The number of hydrogen-bond donors (Lipinski definition) is 1. The van der Waals surface area contributed by atoms with Crippen LogP contribution in [0, 0.1) is 5.41 Å². The molecule has 1 aliphatic heterocycles. The molecular weight excluding hydrogens is 282 g/mol. The van der Waals surface area contributed by atoms with Crippen LogP contribution >= 0.6 is 12.2 Å². The molecule has 1 atom stereocenters. The molecule has 2 fully saturated rings. The maximum Gasteiger partial charge on any atom is 0.235 e. The SMILES string of the molecule is CC1CN(C)CCCN1C(=O)C1(C(N)=S)CCCCCC1. The van der Waals surface area contributed by atoms with Crippen molar-refractivity contribution >= 4 is 23.1 Å². The average molecular weight is 311 g/mol. The van der Waals surface area contributed by atoms with E-state index in [2.05, 4.69) is 18.9 Å². The van der Waals surface area contributed by atoms with Gasteiger partial charge in [0.05, 0.1) is 10.4 Å². The Hall–Kier alpha value is -0.680. The number of amides is 1. The zero-order chi connectivity index (χ0) is 15.5. The van der Waals surface area contributed by atoms with Crippen LogP contribution in [0.3, 0.4) is 0 Å². The first kappa shape index (κ1) is 16.7. The smallest absolute Gasteiger partial charge is 0.235 e. The summed E-state index contributed by atoms with van der Waals surface area (Å²) in [5.74, 6) is 0.194. The van der Waals surface area contributed by atoms with Gasteiger partial charge in [-0.3, -0.25) is 4.79 Å². The summed E-state index contributed by atoms with van der Waals surface area (Å²) in [5, 5.41) is 0. The van der Waals surface area contributed by atoms with Gasteiger partial charge in [0, 0.05) is 19.1 Å².